The minimum absolute atomic E-state index is 0.106. The molecule has 1 unspecified atom stereocenters. The lowest BCUT2D eigenvalue weighted by Gasteiger charge is -2.18. The number of carbonyl (C=O) groups excluding carboxylic acids is 2. The molecule has 0 heterocycles. The standard InChI is InChI=1S/C19H17ClN2O5/c1-27-19(24)12-16(14-7-3-4-8-15(14)20)21-18(23)11-10-13-6-2-5-9-17(13)22(25)26/h2-11,16H,12H2,1H3,(H,21,23)/b11-10+. The fourth-order valence-electron chi connectivity index (χ4n) is 2.43. The Labute approximate surface area is 160 Å². The average Bonchev–Trinajstić information content (AvgIpc) is 2.66. The van der Waals surface area contributed by atoms with Crippen LogP contribution in [-0.2, 0) is 14.3 Å². The lowest BCUT2D eigenvalue weighted by atomic mass is 10.0. The van der Waals surface area contributed by atoms with E-state index in [2.05, 4.69) is 10.1 Å². The largest absolute Gasteiger partial charge is 0.469 e. The van der Waals surface area contributed by atoms with Crippen molar-refractivity contribution in [3.63, 3.8) is 0 Å². The number of rotatable bonds is 7. The Balaban J connectivity index is 2.20. The maximum atomic E-state index is 12.3. The monoisotopic (exact) mass is 388 g/mol. The second-order valence-electron chi connectivity index (χ2n) is 5.51. The number of hydrogen-bond donors (Lipinski definition) is 1. The van der Waals surface area contributed by atoms with E-state index in [4.69, 9.17) is 11.6 Å². The third-order valence-electron chi connectivity index (χ3n) is 3.74. The minimum Gasteiger partial charge on any atom is -0.469 e. The molecular weight excluding hydrogens is 372 g/mol. The number of nitro groups is 1. The number of nitrogens with one attached hydrogen (secondary N) is 1. The van der Waals surface area contributed by atoms with Crippen LogP contribution in [0.1, 0.15) is 23.6 Å². The Bertz CT molecular complexity index is 882. The van der Waals surface area contributed by atoms with E-state index in [0.29, 0.717) is 16.1 Å². The summed E-state index contributed by atoms with van der Waals surface area (Å²) in [5.74, 6) is -1.04. The van der Waals surface area contributed by atoms with Crippen molar-refractivity contribution < 1.29 is 19.2 Å². The number of amides is 1. The number of para-hydroxylation sites is 1. The molecule has 8 heteroatoms. The van der Waals surface area contributed by atoms with E-state index in [1.807, 2.05) is 0 Å². The van der Waals surface area contributed by atoms with Gasteiger partial charge in [-0.25, -0.2) is 0 Å². The molecule has 0 fully saturated rings. The molecule has 1 N–H and O–H groups in total. The van der Waals surface area contributed by atoms with Crippen molar-refractivity contribution in [1.82, 2.24) is 5.32 Å². The zero-order valence-corrected chi connectivity index (χ0v) is 15.2. The lowest BCUT2D eigenvalue weighted by molar-refractivity contribution is -0.385. The molecule has 0 aliphatic heterocycles. The van der Waals surface area contributed by atoms with E-state index in [9.17, 15) is 19.7 Å². The number of nitro benzene ring substituents is 1. The van der Waals surface area contributed by atoms with Gasteiger partial charge in [0, 0.05) is 17.2 Å². The van der Waals surface area contributed by atoms with Crippen LogP contribution in [0.5, 0.6) is 0 Å². The van der Waals surface area contributed by atoms with Crippen molar-refractivity contribution in [1.29, 1.82) is 0 Å². The minimum atomic E-state index is -0.700. The van der Waals surface area contributed by atoms with Crippen LogP contribution in [0.4, 0.5) is 5.69 Å². The quantitative estimate of drug-likeness (QED) is 0.337. The van der Waals surface area contributed by atoms with Gasteiger partial charge < -0.3 is 10.1 Å². The number of ether oxygens (including phenoxy) is 1. The molecule has 27 heavy (non-hydrogen) atoms. The molecule has 1 amide bonds. The van der Waals surface area contributed by atoms with Crippen LogP contribution in [0.15, 0.2) is 54.6 Å². The molecule has 2 rings (SSSR count). The number of halogens is 1. The molecular formula is C19H17ClN2O5. The van der Waals surface area contributed by atoms with Gasteiger partial charge in [0.2, 0.25) is 5.91 Å². The van der Waals surface area contributed by atoms with Crippen molar-refractivity contribution in [2.75, 3.05) is 7.11 Å². The highest BCUT2D eigenvalue weighted by Gasteiger charge is 2.20. The van der Waals surface area contributed by atoms with Crippen molar-refractivity contribution in [3.05, 3.63) is 80.9 Å². The summed E-state index contributed by atoms with van der Waals surface area (Å²) in [4.78, 5) is 34.5. The summed E-state index contributed by atoms with van der Waals surface area (Å²) in [5, 5.41) is 14.1. The number of nitrogens with zero attached hydrogens (tertiary/aromatic N) is 1. The maximum absolute atomic E-state index is 12.3. The first-order valence-corrected chi connectivity index (χ1v) is 8.33. The van der Waals surface area contributed by atoms with Crippen molar-refractivity contribution in [3.8, 4) is 0 Å². The van der Waals surface area contributed by atoms with Gasteiger partial charge in [-0.1, -0.05) is 41.9 Å². The molecule has 0 saturated heterocycles. The zero-order valence-electron chi connectivity index (χ0n) is 14.4. The molecule has 0 aliphatic carbocycles. The second-order valence-corrected chi connectivity index (χ2v) is 5.92. The van der Waals surface area contributed by atoms with Gasteiger partial charge in [-0.3, -0.25) is 19.7 Å². The van der Waals surface area contributed by atoms with E-state index < -0.39 is 22.8 Å². The predicted octanol–water partition coefficient (Wildman–Crippen LogP) is 3.68. The molecule has 0 spiro atoms. The van der Waals surface area contributed by atoms with E-state index in [0.717, 1.165) is 0 Å². The second kappa shape index (κ2) is 9.49. The van der Waals surface area contributed by atoms with Gasteiger partial charge in [0.05, 0.1) is 30.1 Å². The van der Waals surface area contributed by atoms with Crippen LogP contribution in [-0.4, -0.2) is 23.9 Å². The summed E-state index contributed by atoms with van der Waals surface area (Å²) in [6.07, 6.45) is 2.41. The summed E-state index contributed by atoms with van der Waals surface area (Å²) < 4.78 is 4.67. The van der Waals surface area contributed by atoms with E-state index in [1.54, 1.807) is 36.4 Å². The molecule has 140 valence electrons. The highest BCUT2D eigenvalue weighted by atomic mass is 35.5. The molecule has 0 aromatic heterocycles. The number of methoxy groups -OCH3 is 1. The number of carbonyl (C=O) groups is 2. The molecule has 2 aromatic carbocycles. The first-order valence-electron chi connectivity index (χ1n) is 7.95. The fraction of sp³-hybridized carbons (Fsp3) is 0.158. The van der Waals surface area contributed by atoms with Gasteiger partial charge in [-0.05, 0) is 23.8 Å². The number of esters is 1. The summed E-state index contributed by atoms with van der Waals surface area (Å²) in [6.45, 7) is 0. The molecule has 7 nitrogen and oxygen atoms in total. The van der Waals surface area contributed by atoms with Crippen LogP contribution in [0.25, 0.3) is 6.08 Å². The smallest absolute Gasteiger partial charge is 0.307 e. The summed E-state index contributed by atoms with van der Waals surface area (Å²) in [6, 6.07) is 12.2. The van der Waals surface area contributed by atoms with Gasteiger partial charge in [0.15, 0.2) is 0 Å². The highest BCUT2D eigenvalue weighted by Crippen LogP contribution is 2.25. The van der Waals surface area contributed by atoms with E-state index in [1.165, 1.54) is 31.4 Å². The van der Waals surface area contributed by atoms with Gasteiger partial charge in [-0.15, -0.1) is 0 Å². The van der Waals surface area contributed by atoms with Gasteiger partial charge >= 0.3 is 5.97 Å². The maximum Gasteiger partial charge on any atom is 0.307 e. The summed E-state index contributed by atoms with van der Waals surface area (Å²) >= 11 is 6.16. The molecule has 0 radical (unpaired) electrons. The Morgan fingerprint density at radius 3 is 2.56 bits per heavy atom. The SMILES string of the molecule is COC(=O)CC(NC(=O)/C=C/c1ccccc1[N+](=O)[O-])c1ccccc1Cl. The Hall–Kier alpha value is -3.19. The van der Waals surface area contributed by atoms with Crippen LogP contribution in [0.2, 0.25) is 5.02 Å². The van der Waals surface area contributed by atoms with Crippen LogP contribution in [0.3, 0.4) is 0 Å². The fourth-order valence-corrected chi connectivity index (χ4v) is 2.69. The Kier molecular flexibility index (Phi) is 7.08. The van der Waals surface area contributed by atoms with Gasteiger partial charge in [0.25, 0.3) is 5.69 Å². The van der Waals surface area contributed by atoms with Crippen LogP contribution < -0.4 is 5.32 Å². The van der Waals surface area contributed by atoms with Crippen molar-refractivity contribution in [2.24, 2.45) is 0 Å². The number of hydrogen-bond acceptors (Lipinski definition) is 5. The summed E-state index contributed by atoms with van der Waals surface area (Å²) in [5.41, 5.74) is 0.746. The lowest BCUT2D eigenvalue weighted by Crippen LogP contribution is -2.29. The topological polar surface area (TPSA) is 98.5 Å². The Morgan fingerprint density at radius 2 is 1.89 bits per heavy atom. The predicted molar refractivity (Wildman–Crippen MR) is 101 cm³/mol. The molecule has 0 saturated carbocycles. The first kappa shape index (κ1) is 20.1. The molecule has 0 aliphatic rings. The van der Waals surface area contributed by atoms with E-state index in [-0.39, 0.29) is 12.1 Å². The number of benzene rings is 2. The van der Waals surface area contributed by atoms with Crippen LogP contribution in [0, 0.1) is 10.1 Å². The molecule has 0 bridgehead atoms. The summed E-state index contributed by atoms with van der Waals surface area (Å²) in [7, 11) is 1.25. The molecule has 2 aromatic rings. The zero-order chi connectivity index (χ0) is 19.8. The Morgan fingerprint density at radius 1 is 1.22 bits per heavy atom. The van der Waals surface area contributed by atoms with Crippen molar-refractivity contribution in [2.45, 2.75) is 12.5 Å². The average molecular weight is 389 g/mol. The third-order valence-corrected chi connectivity index (χ3v) is 4.09. The van der Waals surface area contributed by atoms with Gasteiger partial charge in [0.1, 0.15) is 0 Å². The first-order chi connectivity index (χ1) is 12.9. The van der Waals surface area contributed by atoms with Crippen LogP contribution >= 0.6 is 11.6 Å². The molecule has 1 atom stereocenters. The van der Waals surface area contributed by atoms with Crippen molar-refractivity contribution >= 4 is 35.2 Å². The third kappa shape index (κ3) is 5.65. The normalized spacial score (nSPS) is 11.8. The van der Waals surface area contributed by atoms with Gasteiger partial charge in [-0.2, -0.15) is 0 Å². The highest BCUT2D eigenvalue weighted by molar-refractivity contribution is 6.31. The van der Waals surface area contributed by atoms with E-state index >= 15 is 0 Å².